The van der Waals surface area contributed by atoms with E-state index in [1.165, 1.54) is 7.11 Å². The van der Waals surface area contributed by atoms with Crippen molar-refractivity contribution in [2.45, 2.75) is 44.4 Å². The van der Waals surface area contributed by atoms with Crippen molar-refractivity contribution >= 4 is 42.7 Å². The number of hydrogen-bond acceptors (Lipinski definition) is 6. The van der Waals surface area contributed by atoms with Gasteiger partial charge in [-0.05, 0) is 18.9 Å². The number of hydroxylamine groups is 4. The number of halogens is 1. The number of amides is 4. The Morgan fingerprint density at radius 1 is 1.43 bits per heavy atom. The summed E-state index contributed by atoms with van der Waals surface area (Å²) in [6.07, 6.45) is -1.22. The summed E-state index contributed by atoms with van der Waals surface area (Å²) in [6.45, 7) is 1.64. The second-order valence-electron chi connectivity index (χ2n) is 6.37. The average molecular weight is 394 g/mol. The van der Waals surface area contributed by atoms with E-state index in [1.807, 2.05) is 0 Å². The zero-order valence-electron chi connectivity index (χ0n) is 14.6. The van der Waals surface area contributed by atoms with Gasteiger partial charge in [-0.2, -0.15) is 10.1 Å². The van der Waals surface area contributed by atoms with Gasteiger partial charge in [-0.1, -0.05) is 6.08 Å². The van der Waals surface area contributed by atoms with Crippen molar-refractivity contribution in [1.82, 2.24) is 20.3 Å². The first-order valence-corrected chi connectivity index (χ1v) is 8.23. The maximum absolute atomic E-state index is 13.4. The van der Waals surface area contributed by atoms with Crippen LogP contribution in [0.3, 0.4) is 0 Å². The molecule has 0 aromatic rings. The van der Waals surface area contributed by atoms with E-state index in [0.717, 1.165) is 9.96 Å². The predicted octanol–water partition coefficient (Wildman–Crippen LogP) is -1.29. The number of fused-ring (bicyclic) bond motifs is 2. The fraction of sp³-hybridized carbons (Fsp3) is 0.600. The van der Waals surface area contributed by atoms with E-state index in [9.17, 15) is 23.6 Å². The van der Waals surface area contributed by atoms with Crippen molar-refractivity contribution in [3.05, 3.63) is 11.6 Å². The molecule has 13 heteroatoms. The Morgan fingerprint density at radius 3 is 2.64 bits per heavy atom. The van der Waals surface area contributed by atoms with Gasteiger partial charge in [-0.3, -0.25) is 14.4 Å². The topological polar surface area (TPSA) is 129 Å². The number of carbonyl (C=O) groups is 4. The third-order valence-electron chi connectivity index (χ3n) is 4.62. The third kappa shape index (κ3) is 3.86. The van der Waals surface area contributed by atoms with Gasteiger partial charge in [-0.25, -0.2) is 18.8 Å². The Morgan fingerprint density at radius 2 is 2.11 bits per heavy atom. The van der Waals surface area contributed by atoms with E-state index in [4.69, 9.17) is 9.94 Å². The predicted molar refractivity (Wildman–Crippen MR) is 91.1 cm³/mol. The molecule has 0 aliphatic carbocycles. The van der Waals surface area contributed by atoms with Crippen LogP contribution in [0.15, 0.2) is 11.6 Å². The Kier molecular flexibility index (Phi) is 6.71. The fourth-order valence-electron chi connectivity index (χ4n) is 3.46. The number of carboxylic acid groups (broad SMARTS) is 1. The zero-order valence-corrected chi connectivity index (χ0v) is 14.6. The van der Waals surface area contributed by atoms with Crippen molar-refractivity contribution in [3.63, 3.8) is 0 Å². The molecule has 150 valence electrons. The van der Waals surface area contributed by atoms with Crippen LogP contribution in [0.4, 0.5) is 9.18 Å². The van der Waals surface area contributed by atoms with Crippen LogP contribution in [0.25, 0.3) is 0 Å². The van der Waals surface area contributed by atoms with Crippen LogP contribution in [-0.4, -0.2) is 101 Å². The average Bonchev–Trinajstić information content (AvgIpc) is 3.13. The summed E-state index contributed by atoms with van der Waals surface area (Å²) in [5.41, 5.74) is 0.493. The summed E-state index contributed by atoms with van der Waals surface area (Å²) in [6, 6.07) is -2.59. The van der Waals surface area contributed by atoms with Crippen LogP contribution in [0.2, 0.25) is 0 Å². The van der Waals surface area contributed by atoms with Gasteiger partial charge in [0.2, 0.25) is 5.91 Å². The first-order valence-electron chi connectivity index (χ1n) is 8.23. The zero-order chi connectivity index (χ0) is 19.9. The van der Waals surface area contributed by atoms with Crippen molar-refractivity contribution < 1.29 is 38.4 Å². The van der Waals surface area contributed by atoms with Gasteiger partial charge in [0, 0.05) is 6.42 Å². The summed E-state index contributed by atoms with van der Waals surface area (Å²) in [5, 5.41) is 12.9. The number of carbonyl (C=O) groups excluding carboxylic acids is 3. The van der Waals surface area contributed by atoms with E-state index in [2.05, 4.69) is 10.2 Å². The number of rotatable bonds is 6. The number of nitrogens with zero attached hydrogens (tertiary/aromatic N) is 3. The molecule has 0 saturated carbocycles. The molecule has 0 radical (unpaired) electrons. The molecule has 1 unspecified atom stereocenters. The van der Waals surface area contributed by atoms with Gasteiger partial charge < -0.3 is 15.3 Å². The molecule has 4 amide bonds. The molecule has 2 saturated heterocycles. The number of aliphatic carboxylic acids is 1. The van der Waals surface area contributed by atoms with Crippen molar-refractivity contribution in [3.8, 4) is 0 Å². The standard InChI is InChI=1S/C15H19FN4O7.Li.H/c1-7-5-8-6-18(15(25)19(8)27-12(16)14(23)24)11(7)13(22)20(26-2)9-3-4-10(21)17-9;;/h5,8-9,11-12H,3-4,6H2,1-2H3,(H,17,21)(H,23,24);;/t8-,9?,11+,12-;;/m1../s1. The van der Waals surface area contributed by atoms with Gasteiger partial charge in [-0.15, -0.1) is 0 Å². The summed E-state index contributed by atoms with van der Waals surface area (Å²) in [4.78, 5) is 58.5. The van der Waals surface area contributed by atoms with Gasteiger partial charge in [0.1, 0.15) is 12.2 Å². The summed E-state index contributed by atoms with van der Waals surface area (Å²) < 4.78 is 13.4. The van der Waals surface area contributed by atoms with Gasteiger partial charge in [0.25, 0.3) is 5.91 Å². The first-order chi connectivity index (χ1) is 12.7. The van der Waals surface area contributed by atoms with E-state index in [1.54, 1.807) is 13.0 Å². The fourth-order valence-corrected chi connectivity index (χ4v) is 3.46. The van der Waals surface area contributed by atoms with Gasteiger partial charge in [0.15, 0.2) is 0 Å². The van der Waals surface area contributed by atoms with Crippen LogP contribution in [-0.2, 0) is 24.1 Å². The Balaban J connectivity index is 0.00000280. The Labute approximate surface area is 171 Å². The molecule has 11 nitrogen and oxygen atoms in total. The Bertz CT molecular complexity index is 721. The molecule has 4 atom stereocenters. The number of carboxylic acids is 1. The molecular weight excluding hydrogens is 374 g/mol. The van der Waals surface area contributed by atoms with Crippen molar-refractivity contribution in [2.75, 3.05) is 13.7 Å². The molecule has 0 aromatic carbocycles. The molecule has 3 aliphatic rings. The summed E-state index contributed by atoms with van der Waals surface area (Å²) in [5.74, 6) is -2.66. The molecule has 28 heavy (non-hydrogen) atoms. The Hall–Kier alpha value is -2.13. The number of nitrogens with one attached hydrogen (secondary N) is 1. The monoisotopic (exact) mass is 394 g/mol. The van der Waals surface area contributed by atoms with Crippen LogP contribution >= 0.6 is 0 Å². The molecule has 3 heterocycles. The second-order valence-corrected chi connectivity index (χ2v) is 6.37. The second kappa shape index (κ2) is 8.48. The summed E-state index contributed by atoms with van der Waals surface area (Å²) >= 11 is 0. The van der Waals surface area contributed by atoms with Crippen LogP contribution in [0.1, 0.15) is 19.8 Å². The molecule has 2 fully saturated rings. The SMILES string of the molecule is CON(C(=O)[C@@H]1C(C)=C[C@@H]2CN1C(=O)N2O[C@@H](F)C(=O)O)C1CCC(=O)N1.[LiH]. The minimum atomic E-state index is -2.71. The molecule has 0 aromatic heterocycles. The maximum atomic E-state index is 13.4. The molecule has 2 bridgehead atoms. The van der Waals surface area contributed by atoms with E-state index in [-0.39, 0.29) is 37.7 Å². The number of alkyl halides is 1. The van der Waals surface area contributed by atoms with E-state index >= 15 is 0 Å². The van der Waals surface area contributed by atoms with Crippen molar-refractivity contribution in [2.24, 2.45) is 0 Å². The van der Waals surface area contributed by atoms with Gasteiger partial charge in [0.05, 0.1) is 19.7 Å². The third-order valence-corrected chi connectivity index (χ3v) is 4.62. The van der Waals surface area contributed by atoms with Crippen LogP contribution in [0, 0.1) is 0 Å². The minimum absolute atomic E-state index is 0. The molecular formula is C15H20FLiN4O7. The quantitative estimate of drug-likeness (QED) is 0.326. The van der Waals surface area contributed by atoms with E-state index in [0.29, 0.717) is 17.1 Å². The molecule has 2 N–H and O–H groups in total. The first kappa shape index (κ1) is 22.2. The molecule has 3 rings (SSSR count). The van der Waals surface area contributed by atoms with Crippen LogP contribution in [0.5, 0.6) is 0 Å². The number of hydrogen-bond donors (Lipinski definition) is 2. The molecule has 0 spiro atoms. The van der Waals surface area contributed by atoms with Crippen molar-refractivity contribution in [1.29, 1.82) is 0 Å². The normalized spacial score (nSPS) is 27.1. The summed E-state index contributed by atoms with van der Waals surface area (Å²) in [7, 11) is 1.27. The van der Waals surface area contributed by atoms with E-state index < -0.39 is 42.5 Å². The van der Waals surface area contributed by atoms with Gasteiger partial charge >= 0.3 is 37.2 Å². The van der Waals surface area contributed by atoms with Crippen LogP contribution < -0.4 is 5.32 Å². The number of urea groups is 1. The molecule has 3 aliphatic heterocycles.